The zero-order valence-corrected chi connectivity index (χ0v) is 9.96. The fraction of sp³-hybridized carbons (Fsp3) is 0.667. The van der Waals surface area contributed by atoms with Gasteiger partial charge in [0.1, 0.15) is 0 Å². The third-order valence-electron chi connectivity index (χ3n) is 3.16. The van der Waals surface area contributed by atoms with Gasteiger partial charge in [-0.1, -0.05) is 18.9 Å². The van der Waals surface area contributed by atoms with E-state index in [-0.39, 0.29) is 12.1 Å². The van der Waals surface area contributed by atoms with Crippen molar-refractivity contribution in [3.63, 3.8) is 0 Å². The summed E-state index contributed by atoms with van der Waals surface area (Å²) in [4.78, 5) is 1.35. The van der Waals surface area contributed by atoms with Crippen molar-refractivity contribution >= 4 is 11.3 Å². The van der Waals surface area contributed by atoms with Crippen LogP contribution < -0.4 is 5.32 Å². The van der Waals surface area contributed by atoms with Crippen molar-refractivity contribution in [3.05, 3.63) is 22.4 Å². The Morgan fingerprint density at radius 3 is 2.93 bits per heavy atom. The third-order valence-corrected chi connectivity index (χ3v) is 4.22. The molecule has 2 nitrogen and oxygen atoms in total. The van der Waals surface area contributed by atoms with Gasteiger partial charge in [0.15, 0.2) is 0 Å². The molecule has 0 unspecified atom stereocenters. The summed E-state index contributed by atoms with van der Waals surface area (Å²) in [6.07, 6.45) is 4.32. The van der Waals surface area contributed by atoms with E-state index in [0.717, 1.165) is 12.8 Å². The van der Waals surface area contributed by atoms with Crippen LogP contribution >= 0.6 is 11.3 Å². The Balaban J connectivity index is 1.90. The molecule has 84 valence electrons. The summed E-state index contributed by atoms with van der Waals surface area (Å²) in [6, 6.07) is 4.88. The monoisotopic (exact) mass is 225 g/mol. The maximum Gasteiger partial charge on any atom is 0.0693 e. The van der Waals surface area contributed by atoms with Gasteiger partial charge in [0, 0.05) is 17.0 Å². The average molecular weight is 225 g/mol. The smallest absolute Gasteiger partial charge is 0.0693 e. The number of rotatable bonds is 3. The molecule has 0 saturated heterocycles. The van der Waals surface area contributed by atoms with Crippen LogP contribution in [0.5, 0.6) is 0 Å². The number of nitrogens with one attached hydrogen (secondary N) is 1. The van der Waals surface area contributed by atoms with Crippen LogP contribution in [0.2, 0.25) is 0 Å². The molecule has 3 atom stereocenters. The van der Waals surface area contributed by atoms with E-state index in [1.165, 1.54) is 17.7 Å². The van der Waals surface area contributed by atoms with Gasteiger partial charge in [-0.05, 0) is 31.2 Å². The summed E-state index contributed by atoms with van der Waals surface area (Å²) < 4.78 is 0. The lowest BCUT2D eigenvalue weighted by Crippen LogP contribution is -2.42. The highest BCUT2D eigenvalue weighted by Gasteiger charge is 2.24. The van der Waals surface area contributed by atoms with E-state index in [0.29, 0.717) is 6.04 Å². The Morgan fingerprint density at radius 1 is 1.47 bits per heavy atom. The van der Waals surface area contributed by atoms with Crippen molar-refractivity contribution in [2.24, 2.45) is 0 Å². The number of hydrogen-bond donors (Lipinski definition) is 2. The van der Waals surface area contributed by atoms with Crippen LogP contribution in [-0.2, 0) is 0 Å². The third kappa shape index (κ3) is 2.80. The fourth-order valence-corrected chi connectivity index (χ4v) is 2.99. The molecule has 1 aromatic heterocycles. The van der Waals surface area contributed by atoms with Gasteiger partial charge in [-0.2, -0.15) is 0 Å². The molecule has 0 bridgehead atoms. The van der Waals surface area contributed by atoms with E-state index >= 15 is 0 Å². The number of thiophene rings is 1. The van der Waals surface area contributed by atoms with Crippen LogP contribution in [0.1, 0.15) is 43.5 Å². The van der Waals surface area contributed by atoms with Crippen molar-refractivity contribution in [2.75, 3.05) is 0 Å². The van der Waals surface area contributed by atoms with Crippen molar-refractivity contribution in [2.45, 2.75) is 50.8 Å². The largest absolute Gasteiger partial charge is 0.392 e. The normalized spacial score (nSPS) is 28.9. The summed E-state index contributed by atoms with van der Waals surface area (Å²) >= 11 is 1.78. The lowest BCUT2D eigenvalue weighted by atomic mass is 9.92. The van der Waals surface area contributed by atoms with E-state index in [4.69, 9.17) is 0 Å². The minimum absolute atomic E-state index is 0.152. The highest BCUT2D eigenvalue weighted by atomic mass is 32.1. The Labute approximate surface area is 95.3 Å². The first-order valence-corrected chi connectivity index (χ1v) is 6.63. The predicted molar refractivity (Wildman–Crippen MR) is 64.1 cm³/mol. The van der Waals surface area contributed by atoms with Crippen molar-refractivity contribution < 1.29 is 5.11 Å². The lowest BCUT2D eigenvalue weighted by molar-refractivity contribution is 0.0862. The van der Waals surface area contributed by atoms with Gasteiger partial charge in [0.2, 0.25) is 0 Å². The number of aliphatic hydroxyl groups excluding tert-OH is 1. The summed E-state index contributed by atoms with van der Waals surface area (Å²) in [6.45, 7) is 2.17. The van der Waals surface area contributed by atoms with Gasteiger partial charge in [-0.15, -0.1) is 11.3 Å². The second kappa shape index (κ2) is 5.10. The number of aliphatic hydroxyl groups is 1. The second-order valence-corrected chi connectivity index (χ2v) is 5.34. The SMILES string of the molecule is C[C@H](N[C@@H]1CCCC[C@H]1O)c1cccs1. The highest BCUT2D eigenvalue weighted by Crippen LogP contribution is 2.23. The second-order valence-electron chi connectivity index (χ2n) is 4.36. The molecule has 1 aromatic rings. The summed E-state index contributed by atoms with van der Waals surface area (Å²) in [7, 11) is 0. The highest BCUT2D eigenvalue weighted by molar-refractivity contribution is 7.10. The summed E-state index contributed by atoms with van der Waals surface area (Å²) in [5.74, 6) is 0. The van der Waals surface area contributed by atoms with Crippen LogP contribution in [0.4, 0.5) is 0 Å². The molecule has 0 aliphatic heterocycles. The van der Waals surface area contributed by atoms with Gasteiger partial charge in [-0.25, -0.2) is 0 Å². The van der Waals surface area contributed by atoms with Crippen LogP contribution in [0.15, 0.2) is 17.5 Å². The van der Waals surface area contributed by atoms with Crippen LogP contribution in [0.25, 0.3) is 0 Å². The van der Waals surface area contributed by atoms with E-state index in [2.05, 4.69) is 29.8 Å². The van der Waals surface area contributed by atoms with Gasteiger partial charge in [-0.3, -0.25) is 0 Å². The molecule has 15 heavy (non-hydrogen) atoms. The molecule has 2 rings (SSSR count). The first-order chi connectivity index (χ1) is 7.27. The van der Waals surface area contributed by atoms with Crippen molar-refractivity contribution in [1.82, 2.24) is 5.32 Å². The number of hydrogen-bond acceptors (Lipinski definition) is 3. The van der Waals surface area contributed by atoms with Gasteiger partial charge in [0.05, 0.1) is 6.10 Å². The zero-order chi connectivity index (χ0) is 10.7. The van der Waals surface area contributed by atoms with Crippen LogP contribution in [0.3, 0.4) is 0 Å². The summed E-state index contributed by atoms with van der Waals surface area (Å²) in [5, 5.41) is 15.5. The Hall–Kier alpha value is -0.380. The summed E-state index contributed by atoms with van der Waals surface area (Å²) in [5.41, 5.74) is 0. The van der Waals surface area contributed by atoms with E-state index in [1.54, 1.807) is 11.3 Å². The molecular formula is C12H19NOS. The van der Waals surface area contributed by atoms with Gasteiger partial charge in [0.25, 0.3) is 0 Å². The molecule has 0 amide bonds. The van der Waals surface area contributed by atoms with E-state index < -0.39 is 0 Å². The molecule has 1 saturated carbocycles. The van der Waals surface area contributed by atoms with Crippen molar-refractivity contribution in [1.29, 1.82) is 0 Å². The van der Waals surface area contributed by atoms with Crippen LogP contribution in [0, 0.1) is 0 Å². The van der Waals surface area contributed by atoms with Gasteiger partial charge < -0.3 is 10.4 Å². The molecule has 1 fully saturated rings. The topological polar surface area (TPSA) is 32.3 Å². The minimum Gasteiger partial charge on any atom is -0.392 e. The molecule has 0 radical (unpaired) electrons. The van der Waals surface area contributed by atoms with Crippen molar-refractivity contribution in [3.8, 4) is 0 Å². The maximum atomic E-state index is 9.86. The molecule has 2 N–H and O–H groups in total. The first kappa shape index (κ1) is 11.1. The maximum absolute atomic E-state index is 9.86. The zero-order valence-electron chi connectivity index (χ0n) is 9.15. The van der Waals surface area contributed by atoms with E-state index in [9.17, 15) is 5.11 Å². The molecule has 1 aliphatic carbocycles. The van der Waals surface area contributed by atoms with Crippen LogP contribution in [-0.4, -0.2) is 17.3 Å². The van der Waals surface area contributed by atoms with E-state index in [1.807, 2.05) is 0 Å². The Bertz CT molecular complexity index is 286. The molecule has 3 heteroatoms. The molecule has 0 aromatic carbocycles. The van der Waals surface area contributed by atoms with Gasteiger partial charge >= 0.3 is 0 Å². The standard InChI is InChI=1S/C12H19NOS/c1-9(12-7-4-8-15-12)13-10-5-2-3-6-11(10)14/h4,7-11,13-14H,2-3,5-6H2,1H3/t9-,10+,11+/m0/s1. The Kier molecular flexibility index (Phi) is 3.78. The molecule has 1 heterocycles. The fourth-order valence-electron chi connectivity index (χ4n) is 2.25. The minimum atomic E-state index is -0.152. The molecule has 1 aliphatic rings. The molecular weight excluding hydrogens is 206 g/mol. The Morgan fingerprint density at radius 2 is 2.27 bits per heavy atom. The lowest BCUT2D eigenvalue weighted by Gasteiger charge is -2.30. The quantitative estimate of drug-likeness (QED) is 0.829. The molecule has 0 spiro atoms. The first-order valence-electron chi connectivity index (χ1n) is 5.75. The predicted octanol–water partition coefficient (Wildman–Crippen LogP) is 2.70. The average Bonchev–Trinajstić information content (AvgIpc) is 2.74.